The molecule has 2 nitrogen and oxygen atoms in total. The smallest absolute Gasteiger partial charge is 0.0525 e. The fourth-order valence-corrected chi connectivity index (χ4v) is 1.62. The Balaban J connectivity index is 1.93. The molecular formula is C12H15N2. The number of aliphatic imine (C=N–C) groups is 1. The minimum atomic E-state index is 0.493. The van der Waals surface area contributed by atoms with E-state index in [-0.39, 0.29) is 0 Å². The number of rotatable bonds is 2. The summed E-state index contributed by atoms with van der Waals surface area (Å²) in [5, 5.41) is 4.31. The molecule has 1 saturated heterocycles. The highest BCUT2D eigenvalue weighted by atomic mass is 14.9. The maximum absolute atomic E-state index is 4.57. The van der Waals surface area contributed by atoms with Crippen molar-refractivity contribution < 1.29 is 0 Å². The Hall–Kier alpha value is -1.15. The standard InChI is InChI=1S/C12H15N2/c1-2-4-11(5-3-1)10-14-12-6-8-13-9-7-12/h1-5,10,12H,6-9H2. The summed E-state index contributed by atoms with van der Waals surface area (Å²) in [5.74, 6) is 0. The number of benzene rings is 1. The molecule has 0 aromatic heterocycles. The second-order valence-electron chi connectivity index (χ2n) is 3.59. The van der Waals surface area contributed by atoms with E-state index in [1.54, 1.807) is 0 Å². The normalized spacial score (nSPS) is 18.9. The van der Waals surface area contributed by atoms with Gasteiger partial charge in [0.05, 0.1) is 6.04 Å². The summed E-state index contributed by atoms with van der Waals surface area (Å²) >= 11 is 0. The summed E-state index contributed by atoms with van der Waals surface area (Å²) in [6, 6.07) is 10.8. The molecule has 0 aliphatic carbocycles. The first-order valence-electron chi connectivity index (χ1n) is 5.16. The van der Waals surface area contributed by atoms with Crippen molar-refractivity contribution in [2.45, 2.75) is 18.9 Å². The molecule has 1 aromatic rings. The minimum Gasteiger partial charge on any atom is -0.289 e. The molecule has 0 spiro atoms. The van der Waals surface area contributed by atoms with Gasteiger partial charge in [0.15, 0.2) is 0 Å². The van der Waals surface area contributed by atoms with Crippen molar-refractivity contribution in [3.05, 3.63) is 35.9 Å². The van der Waals surface area contributed by atoms with Crippen LogP contribution in [0.1, 0.15) is 18.4 Å². The second kappa shape index (κ2) is 4.91. The summed E-state index contributed by atoms with van der Waals surface area (Å²) in [4.78, 5) is 4.57. The van der Waals surface area contributed by atoms with Gasteiger partial charge in [-0.2, -0.15) is 0 Å². The highest BCUT2D eigenvalue weighted by Gasteiger charge is 2.10. The van der Waals surface area contributed by atoms with Crippen LogP contribution >= 0.6 is 0 Å². The van der Waals surface area contributed by atoms with Gasteiger partial charge >= 0.3 is 0 Å². The lowest BCUT2D eigenvalue weighted by atomic mass is 10.1. The van der Waals surface area contributed by atoms with Crippen molar-refractivity contribution >= 4 is 6.21 Å². The molecule has 1 aliphatic heterocycles. The Labute approximate surface area is 85.1 Å². The van der Waals surface area contributed by atoms with Gasteiger partial charge in [-0.15, -0.1) is 0 Å². The lowest BCUT2D eigenvalue weighted by Crippen LogP contribution is -2.24. The Bertz CT molecular complexity index is 286. The number of nitrogens with zero attached hydrogens (tertiary/aromatic N) is 2. The zero-order valence-electron chi connectivity index (χ0n) is 8.26. The van der Waals surface area contributed by atoms with Crippen molar-refractivity contribution in [2.24, 2.45) is 4.99 Å². The summed E-state index contributed by atoms with van der Waals surface area (Å²) < 4.78 is 0. The summed E-state index contributed by atoms with van der Waals surface area (Å²) in [7, 11) is 0. The van der Waals surface area contributed by atoms with Gasteiger partial charge in [0.25, 0.3) is 0 Å². The van der Waals surface area contributed by atoms with Crippen molar-refractivity contribution in [1.29, 1.82) is 0 Å². The molecule has 14 heavy (non-hydrogen) atoms. The van der Waals surface area contributed by atoms with Crippen LogP contribution in [0.15, 0.2) is 35.3 Å². The Morgan fingerprint density at radius 2 is 1.86 bits per heavy atom. The number of piperidine rings is 1. The topological polar surface area (TPSA) is 26.5 Å². The summed E-state index contributed by atoms with van der Waals surface area (Å²) in [5.41, 5.74) is 1.19. The number of hydrogen-bond acceptors (Lipinski definition) is 1. The predicted octanol–water partition coefficient (Wildman–Crippen LogP) is 1.87. The maximum atomic E-state index is 4.57. The summed E-state index contributed by atoms with van der Waals surface area (Å²) in [6.45, 7) is 1.97. The molecule has 0 N–H and O–H groups in total. The molecule has 1 aliphatic rings. The van der Waals surface area contributed by atoms with Gasteiger partial charge in [-0.25, -0.2) is 5.32 Å². The van der Waals surface area contributed by atoms with E-state index in [2.05, 4.69) is 22.4 Å². The van der Waals surface area contributed by atoms with E-state index in [9.17, 15) is 0 Å². The Kier molecular flexibility index (Phi) is 3.30. The molecule has 0 bridgehead atoms. The van der Waals surface area contributed by atoms with Gasteiger partial charge in [0.1, 0.15) is 0 Å². The van der Waals surface area contributed by atoms with E-state index in [1.165, 1.54) is 5.56 Å². The molecule has 0 atom stereocenters. The second-order valence-corrected chi connectivity index (χ2v) is 3.59. The van der Waals surface area contributed by atoms with Crippen molar-refractivity contribution in [3.8, 4) is 0 Å². The van der Waals surface area contributed by atoms with Crippen LogP contribution in [-0.4, -0.2) is 25.3 Å². The Morgan fingerprint density at radius 3 is 2.57 bits per heavy atom. The molecule has 1 aromatic carbocycles. The van der Waals surface area contributed by atoms with Gasteiger partial charge < -0.3 is 0 Å². The van der Waals surface area contributed by atoms with Gasteiger partial charge in [0, 0.05) is 19.3 Å². The zero-order valence-corrected chi connectivity index (χ0v) is 8.26. The third-order valence-corrected chi connectivity index (χ3v) is 2.47. The van der Waals surface area contributed by atoms with Crippen molar-refractivity contribution in [1.82, 2.24) is 5.32 Å². The molecule has 2 heteroatoms. The van der Waals surface area contributed by atoms with Crippen LogP contribution in [0.25, 0.3) is 0 Å². The van der Waals surface area contributed by atoms with Crippen LogP contribution < -0.4 is 5.32 Å². The van der Waals surface area contributed by atoms with Gasteiger partial charge in [-0.05, 0) is 18.4 Å². The largest absolute Gasteiger partial charge is 0.289 e. The van der Waals surface area contributed by atoms with E-state index >= 15 is 0 Å². The highest BCUT2D eigenvalue weighted by Crippen LogP contribution is 2.07. The zero-order chi connectivity index (χ0) is 9.64. The van der Waals surface area contributed by atoms with Crippen LogP contribution in [-0.2, 0) is 0 Å². The van der Waals surface area contributed by atoms with Crippen molar-refractivity contribution in [3.63, 3.8) is 0 Å². The average Bonchev–Trinajstić information content (AvgIpc) is 2.29. The lowest BCUT2D eigenvalue weighted by molar-refractivity contribution is 0.454. The fourth-order valence-electron chi connectivity index (χ4n) is 1.62. The van der Waals surface area contributed by atoms with Gasteiger partial charge in [0.2, 0.25) is 0 Å². The van der Waals surface area contributed by atoms with Gasteiger partial charge in [-0.1, -0.05) is 30.3 Å². The van der Waals surface area contributed by atoms with Crippen LogP contribution in [0.3, 0.4) is 0 Å². The minimum absolute atomic E-state index is 0.493. The third-order valence-electron chi connectivity index (χ3n) is 2.47. The molecule has 0 amide bonds. The first-order valence-corrected chi connectivity index (χ1v) is 5.16. The SMILES string of the molecule is C(=NC1CC[N]CC1)c1ccccc1. The Morgan fingerprint density at radius 1 is 1.14 bits per heavy atom. The first-order chi connectivity index (χ1) is 6.95. The molecule has 73 valence electrons. The molecule has 0 unspecified atom stereocenters. The fraction of sp³-hybridized carbons (Fsp3) is 0.417. The predicted molar refractivity (Wildman–Crippen MR) is 58.9 cm³/mol. The van der Waals surface area contributed by atoms with Crippen LogP contribution in [0.5, 0.6) is 0 Å². The average molecular weight is 187 g/mol. The molecule has 0 saturated carbocycles. The van der Waals surface area contributed by atoms with E-state index in [4.69, 9.17) is 0 Å². The first kappa shape index (κ1) is 9.41. The van der Waals surface area contributed by atoms with E-state index in [1.807, 2.05) is 24.4 Å². The van der Waals surface area contributed by atoms with Gasteiger partial charge in [-0.3, -0.25) is 4.99 Å². The molecular weight excluding hydrogens is 172 g/mol. The van der Waals surface area contributed by atoms with E-state index in [0.29, 0.717) is 6.04 Å². The molecule has 2 rings (SSSR count). The number of hydrogen-bond donors (Lipinski definition) is 0. The van der Waals surface area contributed by atoms with Crippen LogP contribution in [0.4, 0.5) is 0 Å². The molecule has 1 heterocycles. The molecule has 1 fully saturated rings. The molecule has 1 radical (unpaired) electrons. The lowest BCUT2D eigenvalue weighted by Gasteiger charge is -2.17. The van der Waals surface area contributed by atoms with E-state index in [0.717, 1.165) is 25.9 Å². The van der Waals surface area contributed by atoms with Crippen LogP contribution in [0, 0.1) is 0 Å². The quantitative estimate of drug-likeness (QED) is 0.632. The monoisotopic (exact) mass is 187 g/mol. The summed E-state index contributed by atoms with van der Waals surface area (Å²) in [6.07, 6.45) is 4.21. The maximum Gasteiger partial charge on any atom is 0.0525 e. The highest BCUT2D eigenvalue weighted by molar-refractivity contribution is 5.79. The third kappa shape index (κ3) is 2.67. The van der Waals surface area contributed by atoms with Crippen LogP contribution in [0.2, 0.25) is 0 Å². The van der Waals surface area contributed by atoms with E-state index < -0.39 is 0 Å². The van der Waals surface area contributed by atoms with Crippen molar-refractivity contribution in [2.75, 3.05) is 13.1 Å².